The van der Waals surface area contributed by atoms with Crippen molar-refractivity contribution in [3.05, 3.63) is 212 Å². The second kappa shape index (κ2) is 14.2. The van der Waals surface area contributed by atoms with Crippen molar-refractivity contribution in [1.29, 1.82) is 0 Å². The zero-order chi connectivity index (χ0) is 41.4. The Kier molecular flexibility index (Phi) is 8.01. The van der Waals surface area contributed by atoms with E-state index in [1.165, 1.54) is 32.0 Å². The lowest BCUT2D eigenvalue weighted by Gasteiger charge is -2.14. The second-order valence-corrected chi connectivity index (χ2v) is 17.0. The molecule has 4 heterocycles. The second-order valence-electron chi connectivity index (χ2n) is 16.0. The van der Waals surface area contributed by atoms with E-state index in [1.807, 2.05) is 18.2 Å². The summed E-state index contributed by atoms with van der Waals surface area (Å²) in [6, 6.07) is 75.6. The van der Waals surface area contributed by atoms with Crippen molar-refractivity contribution in [3.63, 3.8) is 0 Å². The van der Waals surface area contributed by atoms with Crippen molar-refractivity contribution in [1.82, 2.24) is 24.1 Å². The van der Waals surface area contributed by atoms with Crippen LogP contribution in [0, 0.1) is 0 Å². The van der Waals surface area contributed by atoms with Gasteiger partial charge in [0.25, 0.3) is 0 Å². The Morgan fingerprint density at radius 1 is 0.333 bits per heavy atom. The van der Waals surface area contributed by atoms with Crippen molar-refractivity contribution in [2.24, 2.45) is 0 Å². The highest BCUT2D eigenvalue weighted by molar-refractivity contribution is 7.26. The van der Waals surface area contributed by atoms with Gasteiger partial charge in [-0.05, 0) is 58.7 Å². The Hall–Kier alpha value is -8.19. The maximum absolute atomic E-state index is 5.48. The normalized spacial score (nSPS) is 11.8. The van der Waals surface area contributed by atoms with Crippen LogP contribution in [0.25, 0.3) is 120 Å². The van der Waals surface area contributed by atoms with Gasteiger partial charge < -0.3 is 4.57 Å². The van der Waals surface area contributed by atoms with Crippen LogP contribution >= 0.6 is 11.3 Å². The largest absolute Gasteiger partial charge is 0.307 e. The summed E-state index contributed by atoms with van der Waals surface area (Å²) in [5.74, 6) is 1.83. The molecule has 0 radical (unpaired) electrons. The molecule has 0 aliphatic heterocycles. The van der Waals surface area contributed by atoms with Gasteiger partial charge in [0.15, 0.2) is 11.6 Å². The molecule has 0 aliphatic carbocycles. The standard InChI is InChI=1S/C57H35N5S/c1-3-15-36(16-4-1)37-29-31-38(32-30-37)40-19-13-20-41(35-40)61-49-26-10-7-21-42(49)45-33-34-46-43-22-8-11-27-50(43)62(53(46)52(45)61)57-59-55(39-17-5-2-6-18-39)58-56(60-57)48-25-14-24-47-44-23-9-12-28-51(44)63-54(47)48/h1-35H. The Morgan fingerprint density at radius 2 is 0.857 bits per heavy atom. The molecule has 5 nitrogen and oxygen atoms in total. The molecule has 294 valence electrons. The molecular formula is C57H35N5S. The third-order valence-electron chi connectivity index (χ3n) is 12.4. The van der Waals surface area contributed by atoms with Crippen molar-refractivity contribution in [2.45, 2.75) is 0 Å². The summed E-state index contributed by atoms with van der Waals surface area (Å²) < 4.78 is 7.11. The quantitative estimate of drug-likeness (QED) is 0.168. The van der Waals surface area contributed by atoms with Crippen LogP contribution in [0.15, 0.2) is 212 Å². The molecule has 0 aliphatic rings. The predicted molar refractivity (Wildman–Crippen MR) is 263 cm³/mol. The minimum absolute atomic E-state index is 0.569. The number of aromatic nitrogens is 5. The molecule has 0 fully saturated rings. The molecule has 0 amide bonds. The molecular weight excluding hydrogens is 787 g/mol. The molecule has 0 N–H and O–H groups in total. The number of para-hydroxylation sites is 2. The number of hydrogen-bond donors (Lipinski definition) is 0. The first-order chi connectivity index (χ1) is 31.2. The van der Waals surface area contributed by atoms with Crippen LogP contribution in [0.4, 0.5) is 0 Å². The van der Waals surface area contributed by atoms with Crippen LogP contribution in [0.1, 0.15) is 0 Å². The molecule has 6 heteroatoms. The van der Waals surface area contributed by atoms with Gasteiger partial charge in [-0.15, -0.1) is 11.3 Å². The van der Waals surface area contributed by atoms with Crippen LogP contribution in [-0.4, -0.2) is 24.1 Å². The van der Waals surface area contributed by atoms with Crippen LogP contribution in [0.3, 0.4) is 0 Å². The highest BCUT2D eigenvalue weighted by atomic mass is 32.1. The number of rotatable bonds is 6. The fourth-order valence-electron chi connectivity index (χ4n) is 9.51. The van der Waals surface area contributed by atoms with Gasteiger partial charge in [-0.25, -0.2) is 4.98 Å². The van der Waals surface area contributed by atoms with Gasteiger partial charge in [0, 0.05) is 58.5 Å². The number of hydrogen-bond acceptors (Lipinski definition) is 4. The van der Waals surface area contributed by atoms with Gasteiger partial charge in [0.1, 0.15) is 0 Å². The Labute approximate surface area is 366 Å². The molecule has 0 atom stereocenters. The highest BCUT2D eigenvalue weighted by Crippen LogP contribution is 2.43. The molecule has 0 spiro atoms. The molecule has 13 rings (SSSR count). The van der Waals surface area contributed by atoms with Gasteiger partial charge in [-0.3, -0.25) is 4.57 Å². The topological polar surface area (TPSA) is 48.5 Å². The number of thiophene rings is 1. The van der Waals surface area contributed by atoms with Crippen LogP contribution in [-0.2, 0) is 0 Å². The van der Waals surface area contributed by atoms with Crippen molar-refractivity contribution in [2.75, 3.05) is 0 Å². The third kappa shape index (κ3) is 5.66. The van der Waals surface area contributed by atoms with Gasteiger partial charge >= 0.3 is 0 Å². The number of nitrogens with zero attached hydrogens (tertiary/aromatic N) is 5. The van der Waals surface area contributed by atoms with E-state index in [9.17, 15) is 0 Å². The summed E-state index contributed by atoms with van der Waals surface area (Å²) >= 11 is 1.79. The van der Waals surface area contributed by atoms with E-state index in [-0.39, 0.29) is 0 Å². The first-order valence-corrected chi connectivity index (χ1v) is 22.0. The fourth-order valence-corrected chi connectivity index (χ4v) is 10.7. The maximum atomic E-state index is 5.48. The highest BCUT2D eigenvalue weighted by Gasteiger charge is 2.24. The maximum Gasteiger partial charge on any atom is 0.238 e. The Morgan fingerprint density at radius 3 is 1.59 bits per heavy atom. The fraction of sp³-hybridized carbons (Fsp3) is 0. The van der Waals surface area contributed by atoms with Gasteiger partial charge in [-0.1, -0.05) is 176 Å². The summed E-state index contributed by atoms with van der Waals surface area (Å²) in [6.45, 7) is 0. The summed E-state index contributed by atoms with van der Waals surface area (Å²) in [7, 11) is 0. The van der Waals surface area contributed by atoms with E-state index < -0.39 is 0 Å². The van der Waals surface area contributed by atoms with E-state index in [0.717, 1.165) is 70.9 Å². The average Bonchev–Trinajstić information content (AvgIpc) is 4.03. The molecule has 63 heavy (non-hydrogen) atoms. The average molecular weight is 822 g/mol. The van der Waals surface area contributed by atoms with E-state index >= 15 is 0 Å². The monoisotopic (exact) mass is 821 g/mol. The van der Waals surface area contributed by atoms with Crippen LogP contribution in [0.5, 0.6) is 0 Å². The zero-order valence-electron chi connectivity index (χ0n) is 33.9. The van der Waals surface area contributed by atoms with E-state index in [2.05, 4.69) is 203 Å². The van der Waals surface area contributed by atoms with E-state index in [4.69, 9.17) is 15.0 Å². The van der Waals surface area contributed by atoms with Crippen molar-refractivity contribution < 1.29 is 0 Å². The molecule has 0 saturated heterocycles. The van der Waals surface area contributed by atoms with Crippen molar-refractivity contribution >= 4 is 75.1 Å². The molecule has 13 aromatic rings. The predicted octanol–water partition coefficient (Wildman–Crippen LogP) is 15.1. The Bertz CT molecular complexity index is 3900. The summed E-state index contributed by atoms with van der Waals surface area (Å²) in [5, 5.41) is 7.04. The molecule has 9 aromatic carbocycles. The smallest absolute Gasteiger partial charge is 0.238 e. The van der Waals surface area contributed by atoms with E-state index in [0.29, 0.717) is 17.6 Å². The lowest BCUT2D eigenvalue weighted by molar-refractivity contribution is 0.954. The summed E-state index contributed by atoms with van der Waals surface area (Å²) in [4.78, 5) is 16.1. The van der Waals surface area contributed by atoms with Gasteiger partial charge in [0.2, 0.25) is 5.95 Å². The first-order valence-electron chi connectivity index (χ1n) is 21.2. The van der Waals surface area contributed by atoms with Crippen molar-refractivity contribution in [3.8, 4) is 56.7 Å². The van der Waals surface area contributed by atoms with Gasteiger partial charge in [0.05, 0.1) is 22.1 Å². The SMILES string of the molecule is c1ccc(-c2ccc(-c3cccc(-n4c5ccccc5c5ccc6c7ccccc7n(-c7nc(-c8ccccc8)nc(-c8cccc9c8sc8ccccc89)n7)c6c54)c3)cc2)cc1. The zero-order valence-corrected chi connectivity index (χ0v) is 34.7. The van der Waals surface area contributed by atoms with E-state index in [1.54, 1.807) is 11.3 Å². The summed E-state index contributed by atoms with van der Waals surface area (Å²) in [5.41, 5.74) is 12.0. The first kappa shape index (κ1) is 35.6. The minimum Gasteiger partial charge on any atom is -0.307 e. The summed E-state index contributed by atoms with van der Waals surface area (Å²) in [6.07, 6.45) is 0. The molecule has 0 saturated carbocycles. The number of fused-ring (bicyclic) bond motifs is 10. The van der Waals surface area contributed by atoms with Crippen LogP contribution < -0.4 is 0 Å². The molecule has 4 aromatic heterocycles. The van der Waals surface area contributed by atoms with Crippen LogP contribution in [0.2, 0.25) is 0 Å². The minimum atomic E-state index is 0.569. The Balaban J connectivity index is 1.09. The molecule has 0 bridgehead atoms. The third-order valence-corrected chi connectivity index (χ3v) is 13.6. The lowest BCUT2D eigenvalue weighted by atomic mass is 10.00. The lowest BCUT2D eigenvalue weighted by Crippen LogP contribution is -2.07. The molecule has 0 unspecified atom stereocenters. The van der Waals surface area contributed by atoms with Gasteiger partial charge in [-0.2, -0.15) is 9.97 Å². The number of benzene rings is 9.